The minimum absolute atomic E-state index is 0.0479. The van der Waals surface area contributed by atoms with E-state index in [1.165, 1.54) is 4.90 Å². The predicted octanol–water partition coefficient (Wildman–Crippen LogP) is 1.58. The van der Waals surface area contributed by atoms with Crippen molar-refractivity contribution in [1.29, 1.82) is 0 Å². The van der Waals surface area contributed by atoms with E-state index in [2.05, 4.69) is 0 Å². The van der Waals surface area contributed by atoms with Gasteiger partial charge in [0.05, 0.1) is 11.8 Å². The van der Waals surface area contributed by atoms with Crippen molar-refractivity contribution in [2.75, 3.05) is 13.1 Å². The average Bonchev–Trinajstić information content (AvgIpc) is 2.67. The van der Waals surface area contributed by atoms with E-state index in [9.17, 15) is 14.4 Å². The number of likely N-dealkylation sites (tertiary alicyclic amines) is 2. The number of hydrogen-bond acceptors (Lipinski definition) is 3. The molecule has 0 aromatic heterocycles. The van der Waals surface area contributed by atoms with Gasteiger partial charge in [0.1, 0.15) is 6.04 Å². The Labute approximate surface area is 131 Å². The van der Waals surface area contributed by atoms with Gasteiger partial charge in [-0.1, -0.05) is 26.0 Å². The monoisotopic (exact) mass is 304 g/mol. The molecule has 5 heteroatoms. The molecular weight excluding hydrogens is 280 g/mol. The molecule has 0 spiro atoms. The molecule has 120 valence electrons. The summed E-state index contributed by atoms with van der Waals surface area (Å²) in [6.07, 6.45) is 6.77. The molecule has 2 aliphatic heterocycles. The van der Waals surface area contributed by atoms with Gasteiger partial charge in [-0.25, -0.2) is 0 Å². The number of hydrogen-bond donors (Lipinski definition) is 0. The van der Waals surface area contributed by atoms with Crippen molar-refractivity contribution in [2.24, 2.45) is 17.8 Å². The summed E-state index contributed by atoms with van der Waals surface area (Å²) in [7, 11) is 0. The van der Waals surface area contributed by atoms with Crippen molar-refractivity contribution >= 4 is 17.7 Å². The Morgan fingerprint density at radius 1 is 1.14 bits per heavy atom. The highest BCUT2D eigenvalue weighted by Crippen LogP contribution is 2.37. The number of rotatable bonds is 4. The summed E-state index contributed by atoms with van der Waals surface area (Å²) in [6.45, 7) is 5.54. The van der Waals surface area contributed by atoms with E-state index in [1.807, 2.05) is 26.0 Å². The molecule has 2 saturated heterocycles. The number of carbonyl (C=O) groups is 3. The highest BCUT2D eigenvalue weighted by Gasteiger charge is 2.51. The third kappa shape index (κ3) is 2.46. The second-order valence-electron chi connectivity index (χ2n) is 7.03. The molecule has 3 rings (SSSR count). The summed E-state index contributed by atoms with van der Waals surface area (Å²) < 4.78 is 0. The lowest BCUT2D eigenvalue weighted by Crippen LogP contribution is -2.55. The van der Waals surface area contributed by atoms with Crippen LogP contribution in [0.3, 0.4) is 0 Å². The maximum atomic E-state index is 12.7. The fraction of sp³-hybridized carbons (Fsp3) is 0.706. The molecule has 0 N–H and O–H groups in total. The number of allylic oxidation sites excluding steroid dienone is 2. The molecule has 0 aromatic rings. The summed E-state index contributed by atoms with van der Waals surface area (Å²) in [6, 6.07) is -0.606. The fourth-order valence-corrected chi connectivity index (χ4v) is 3.64. The Balaban J connectivity index is 1.85. The standard InChI is InChI=1S/C17H24N2O3/c1-11(2)10-14(17(22)18-8-5-9-18)19-15(20)12-6-3-4-7-13(12)16(19)21/h3-4,11-14H,5-10H2,1-2H3/t12-,13+,14-/m0/s1. The van der Waals surface area contributed by atoms with E-state index >= 15 is 0 Å². The Bertz CT molecular complexity index is 496. The zero-order chi connectivity index (χ0) is 15.9. The van der Waals surface area contributed by atoms with E-state index in [-0.39, 0.29) is 35.5 Å². The smallest absolute Gasteiger partial charge is 0.245 e. The summed E-state index contributed by atoms with van der Waals surface area (Å²) in [5.41, 5.74) is 0. The maximum absolute atomic E-state index is 12.7. The zero-order valence-corrected chi connectivity index (χ0v) is 13.3. The molecule has 0 unspecified atom stereocenters. The molecule has 2 heterocycles. The van der Waals surface area contributed by atoms with Crippen molar-refractivity contribution in [3.8, 4) is 0 Å². The minimum Gasteiger partial charge on any atom is -0.341 e. The number of carbonyl (C=O) groups excluding carboxylic acids is 3. The number of amides is 3. The maximum Gasteiger partial charge on any atom is 0.245 e. The first-order valence-corrected chi connectivity index (χ1v) is 8.31. The first-order chi connectivity index (χ1) is 10.5. The van der Waals surface area contributed by atoms with E-state index in [0.29, 0.717) is 19.3 Å². The average molecular weight is 304 g/mol. The third-order valence-corrected chi connectivity index (χ3v) is 5.00. The fourth-order valence-electron chi connectivity index (χ4n) is 3.64. The van der Waals surface area contributed by atoms with Crippen LogP contribution in [0.4, 0.5) is 0 Å². The molecule has 0 aromatic carbocycles. The Morgan fingerprint density at radius 3 is 2.09 bits per heavy atom. The number of fused-ring (bicyclic) bond motifs is 1. The largest absolute Gasteiger partial charge is 0.341 e. The molecular formula is C17H24N2O3. The summed E-state index contributed by atoms with van der Waals surface area (Å²) in [5, 5.41) is 0. The quantitative estimate of drug-likeness (QED) is 0.585. The third-order valence-electron chi connectivity index (χ3n) is 5.00. The van der Waals surface area contributed by atoms with Crippen molar-refractivity contribution in [3.05, 3.63) is 12.2 Å². The lowest BCUT2D eigenvalue weighted by Gasteiger charge is -2.37. The van der Waals surface area contributed by atoms with Gasteiger partial charge >= 0.3 is 0 Å². The molecule has 22 heavy (non-hydrogen) atoms. The van der Waals surface area contributed by atoms with Gasteiger partial charge in [-0.2, -0.15) is 0 Å². The predicted molar refractivity (Wildman–Crippen MR) is 81.6 cm³/mol. The number of imide groups is 1. The van der Waals surface area contributed by atoms with Crippen LogP contribution >= 0.6 is 0 Å². The normalized spacial score (nSPS) is 28.9. The van der Waals surface area contributed by atoms with Gasteiger partial charge in [-0.05, 0) is 31.6 Å². The highest BCUT2D eigenvalue weighted by molar-refractivity contribution is 6.08. The Morgan fingerprint density at radius 2 is 1.68 bits per heavy atom. The van der Waals surface area contributed by atoms with Crippen molar-refractivity contribution in [2.45, 2.75) is 45.6 Å². The molecule has 0 radical (unpaired) electrons. The molecule has 2 fully saturated rings. The van der Waals surface area contributed by atoms with E-state index in [1.54, 1.807) is 4.90 Å². The number of nitrogens with zero attached hydrogens (tertiary/aromatic N) is 2. The zero-order valence-electron chi connectivity index (χ0n) is 13.3. The van der Waals surface area contributed by atoms with Crippen molar-refractivity contribution in [3.63, 3.8) is 0 Å². The van der Waals surface area contributed by atoms with E-state index in [4.69, 9.17) is 0 Å². The van der Waals surface area contributed by atoms with E-state index < -0.39 is 6.04 Å². The van der Waals surface area contributed by atoms with Gasteiger partial charge in [-0.15, -0.1) is 0 Å². The van der Waals surface area contributed by atoms with Crippen LogP contribution in [-0.2, 0) is 14.4 Å². The van der Waals surface area contributed by atoms with Crippen molar-refractivity contribution in [1.82, 2.24) is 9.80 Å². The minimum atomic E-state index is -0.606. The Kier molecular flexibility index (Phi) is 4.06. The van der Waals surface area contributed by atoms with E-state index in [0.717, 1.165) is 19.5 Å². The Hall–Kier alpha value is -1.65. The molecule has 1 aliphatic carbocycles. The van der Waals surface area contributed by atoms with Gasteiger partial charge in [0, 0.05) is 13.1 Å². The van der Waals surface area contributed by atoms with Crippen LogP contribution in [0, 0.1) is 17.8 Å². The first-order valence-electron chi connectivity index (χ1n) is 8.31. The van der Waals surface area contributed by atoms with Gasteiger partial charge < -0.3 is 4.90 Å². The molecule has 3 atom stereocenters. The van der Waals surface area contributed by atoms with Crippen LogP contribution in [0.2, 0.25) is 0 Å². The van der Waals surface area contributed by atoms with Gasteiger partial charge in [-0.3, -0.25) is 19.3 Å². The van der Waals surface area contributed by atoms with Crippen LogP contribution < -0.4 is 0 Å². The van der Waals surface area contributed by atoms with Crippen molar-refractivity contribution < 1.29 is 14.4 Å². The molecule has 0 saturated carbocycles. The lowest BCUT2D eigenvalue weighted by atomic mass is 9.85. The SMILES string of the molecule is CC(C)C[C@@H](C(=O)N1CCC1)N1C(=O)[C@H]2CC=CC[C@H]2C1=O. The van der Waals surface area contributed by atoms with Crippen LogP contribution in [0.25, 0.3) is 0 Å². The van der Waals surface area contributed by atoms with Gasteiger partial charge in [0.25, 0.3) is 0 Å². The van der Waals surface area contributed by atoms with Gasteiger partial charge in [0.15, 0.2) is 0 Å². The lowest BCUT2D eigenvalue weighted by molar-refractivity contribution is -0.154. The molecule has 0 bridgehead atoms. The second kappa shape index (κ2) is 5.86. The second-order valence-corrected chi connectivity index (χ2v) is 7.03. The van der Waals surface area contributed by atoms with Crippen LogP contribution in [0.1, 0.15) is 39.5 Å². The summed E-state index contributed by atoms with van der Waals surface area (Å²) in [5.74, 6) is -0.574. The van der Waals surface area contributed by atoms with Crippen LogP contribution in [0.15, 0.2) is 12.2 Å². The molecule has 3 aliphatic rings. The first kappa shape index (κ1) is 15.3. The van der Waals surface area contributed by atoms with Crippen LogP contribution in [0.5, 0.6) is 0 Å². The summed E-state index contributed by atoms with van der Waals surface area (Å²) >= 11 is 0. The topological polar surface area (TPSA) is 57.7 Å². The molecule has 3 amide bonds. The van der Waals surface area contributed by atoms with Gasteiger partial charge in [0.2, 0.25) is 17.7 Å². The van der Waals surface area contributed by atoms with Crippen LogP contribution in [-0.4, -0.2) is 46.7 Å². The highest BCUT2D eigenvalue weighted by atomic mass is 16.2. The molecule has 5 nitrogen and oxygen atoms in total. The summed E-state index contributed by atoms with van der Waals surface area (Å²) in [4.78, 5) is 41.2.